The third-order valence-corrected chi connectivity index (χ3v) is 6.86. The van der Waals surface area contributed by atoms with Crippen LogP contribution in [0.3, 0.4) is 0 Å². The molecule has 33 heavy (non-hydrogen) atoms. The summed E-state index contributed by atoms with van der Waals surface area (Å²) in [5.74, 6) is -1.50. The number of fused-ring (bicyclic) bond motifs is 1. The summed E-state index contributed by atoms with van der Waals surface area (Å²) in [5, 5.41) is 9.57. The highest BCUT2D eigenvalue weighted by Gasteiger charge is 2.37. The van der Waals surface area contributed by atoms with E-state index in [-0.39, 0.29) is 23.0 Å². The van der Waals surface area contributed by atoms with Gasteiger partial charge in [0.1, 0.15) is 6.61 Å². The van der Waals surface area contributed by atoms with Crippen LogP contribution in [0.5, 0.6) is 0 Å². The topological polar surface area (TPSA) is 63.6 Å². The molecule has 1 N–H and O–H groups in total. The van der Waals surface area contributed by atoms with Crippen LogP contribution in [0.1, 0.15) is 77.9 Å². The van der Waals surface area contributed by atoms with Crippen molar-refractivity contribution in [3.63, 3.8) is 0 Å². The minimum absolute atomic E-state index is 0.000741. The van der Waals surface area contributed by atoms with Gasteiger partial charge in [0.2, 0.25) is 0 Å². The van der Waals surface area contributed by atoms with Crippen LogP contribution in [0.4, 0.5) is 0 Å². The van der Waals surface area contributed by atoms with E-state index < -0.39 is 11.9 Å². The van der Waals surface area contributed by atoms with Gasteiger partial charge in [0.15, 0.2) is 0 Å². The Kier molecular flexibility index (Phi) is 5.87. The van der Waals surface area contributed by atoms with Crippen molar-refractivity contribution in [1.29, 1.82) is 0 Å². The van der Waals surface area contributed by atoms with Gasteiger partial charge in [-0.15, -0.1) is 0 Å². The van der Waals surface area contributed by atoms with Crippen molar-refractivity contribution in [2.75, 3.05) is 0 Å². The third kappa shape index (κ3) is 4.56. The highest BCUT2D eigenvalue weighted by molar-refractivity contribution is 6.00. The predicted molar refractivity (Wildman–Crippen MR) is 130 cm³/mol. The summed E-state index contributed by atoms with van der Waals surface area (Å²) in [6.45, 7) is 9.17. The Morgan fingerprint density at radius 3 is 2.18 bits per heavy atom. The van der Waals surface area contributed by atoms with Crippen LogP contribution in [0.15, 0.2) is 66.7 Å². The van der Waals surface area contributed by atoms with Crippen molar-refractivity contribution in [2.45, 2.75) is 58.0 Å². The number of esters is 1. The van der Waals surface area contributed by atoms with Gasteiger partial charge in [-0.05, 0) is 69.7 Å². The number of hydrogen-bond acceptors (Lipinski definition) is 3. The Morgan fingerprint density at radius 1 is 0.848 bits per heavy atom. The van der Waals surface area contributed by atoms with E-state index in [1.165, 1.54) is 17.2 Å². The molecule has 0 bridgehead atoms. The number of aromatic carboxylic acids is 1. The zero-order valence-corrected chi connectivity index (χ0v) is 19.6. The monoisotopic (exact) mass is 442 g/mol. The van der Waals surface area contributed by atoms with E-state index in [4.69, 9.17) is 4.74 Å². The SMILES string of the molecule is CC1(C)CCC(C)(C)c2cc(-c3cc(C(=O)O)ccc3C(=O)OCc3ccccc3)ccc21. The lowest BCUT2D eigenvalue weighted by Crippen LogP contribution is -2.33. The molecule has 0 unspecified atom stereocenters. The first kappa shape index (κ1) is 22.8. The number of carboxylic acid groups (broad SMARTS) is 1. The fourth-order valence-electron chi connectivity index (χ4n) is 4.65. The zero-order chi connectivity index (χ0) is 23.8. The van der Waals surface area contributed by atoms with Gasteiger partial charge >= 0.3 is 11.9 Å². The molecule has 4 rings (SSSR count). The molecule has 0 saturated heterocycles. The van der Waals surface area contributed by atoms with Gasteiger partial charge in [-0.3, -0.25) is 0 Å². The van der Waals surface area contributed by atoms with E-state index in [2.05, 4.69) is 39.8 Å². The standard InChI is InChI=1S/C29H30O4/c1-28(2)14-15-29(3,4)25-17-20(11-13-24(25)28)23-16-21(26(30)31)10-12-22(23)27(32)33-18-19-8-6-5-7-9-19/h5-13,16-17H,14-15,18H2,1-4H3,(H,30,31). The minimum Gasteiger partial charge on any atom is -0.478 e. The van der Waals surface area contributed by atoms with E-state index in [1.807, 2.05) is 36.4 Å². The molecule has 0 atom stereocenters. The number of carbonyl (C=O) groups is 2. The fraction of sp³-hybridized carbons (Fsp3) is 0.310. The van der Waals surface area contributed by atoms with Gasteiger partial charge < -0.3 is 9.84 Å². The predicted octanol–water partition coefficient (Wildman–Crippen LogP) is 6.76. The summed E-state index contributed by atoms with van der Waals surface area (Å²) in [6.07, 6.45) is 2.18. The number of hydrogen-bond donors (Lipinski definition) is 1. The number of benzene rings is 3. The smallest absolute Gasteiger partial charge is 0.339 e. The number of carboxylic acids is 1. The van der Waals surface area contributed by atoms with E-state index in [9.17, 15) is 14.7 Å². The van der Waals surface area contributed by atoms with E-state index in [0.717, 1.165) is 24.0 Å². The first-order valence-electron chi connectivity index (χ1n) is 11.3. The molecule has 1 aliphatic carbocycles. The number of rotatable bonds is 5. The highest BCUT2D eigenvalue weighted by Crippen LogP contribution is 2.47. The lowest BCUT2D eigenvalue weighted by molar-refractivity contribution is 0.0472. The molecular formula is C29H30O4. The van der Waals surface area contributed by atoms with E-state index in [1.54, 1.807) is 12.1 Å². The lowest BCUT2D eigenvalue weighted by atomic mass is 9.63. The van der Waals surface area contributed by atoms with Crippen molar-refractivity contribution < 1.29 is 19.4 Å². The maximum absolute atomic E-state index is 13.0. The lowest BCUT2D eigenvalue weighted by Gasteiger charge is -2.42. The van der Waals surface area contributed by atoms with Crippen LogP contribution in [-0.4, -0.2) is 17.0 Å². The number of carbonyl (C=O) groups excluding carboxylic acids is 1. The maximum atomic E-state index is 13.0. The molecule has 0 fully saturated rings. The average molecular weight is 443 g/mol. The van der Waals surface area contributed by atoms with Crippen LogP contribution >= 0.6 is 0 Å². The fourth-order valence-corrected chi connectivity index (χ4v) is 4.65. The molecular weight excluding hydrogens is 412 g/mol. The van der Waals surface area contributed by atoms with E-state index >= 15 is 0 Å². The summed E-state index contributed by atoms with van der Waals surface area (Å²) < 4.78 is 5.58. The van der Waals surface area contributed by atoms with Crippen LogP contribution in [-0.2, 0) is 22.2 Å². The highest BCUT2D eigenvalue weighted by atomic mass is 16.5. The molecule has 0 saturated carbocycles. The third-order valence-electron chi connectivity index (χ3n) is 6.86. The molecule has 0 radical (unpaired) electrons. The molecule has 0 aliphatic heterocycles. The van der Waals surface area contributed by atoms with Gasteiger partial charge in [0.25, 0.3) is 0 Å². The second-order valence-corrected chi connectivity index (χ2v) is 10.2. The van der Waals surface area contributed by atoms with Gasteiger partial charge in [0.05, 0.1) is 11.1 Å². The van der Waals surface area contributed by atoms with Crippen molar-refractivity contribution in [3.8, 4) is 11.1 Å². The van der Waals surface area contributed by atoms with Gasteiger partial charge in [-0.2, -0.15) is 0 Å². The second-order valence-electron chi connectivity index (χ2n) is 10.2. The van der Waals surface area contributed by atoms with Crippen LogP contribution in [0.25, 0.3) is 11.1 Å². The summed E-state index contributed by atoms with van der Waals surface area (Å²) in [7, 11) is 0. The molecule has 0 aromatic heterocycles. The summed E-state index contributed by atoms with van der Waals surface area (Å²) >= 11 is 0. The van der Waals surface area contributed by atoms with E-state index in [0.29, 0.717) is 11.1 Å². The summed E-state index contributed by atoms with van der Waals surface area (Å²) in [5.41, 5.74) is 5.44. The van der Waals surface area contributed by atoms with Crippen LogP contribution in [0, 0.1) is 0 Å². The maximum Gasteiger partial charge on any atom is 0.339 e. The normalized spacial score (nSPS) is 16.0. The van der Waals surface area contributed by atoms with Crippen LogP contribution < -0.4 is 0 Å². The Bertz CT molecular complexity index is 1210. The minimum atomic E-state index is -1.03. The van der Waals surface area contributed by atoms with Crippen LogP contribution in [0.2, 0.25) is 0 Å². The molecule has 0 heterocycles. The van der Waals surface area contributed by atoms with Crippen molar-refractivity contribution >= 4 is 11.9 Å². The molecule has 3 aromatic rings. The molecule has 4 heteroatoms. The zero-order valence-electron chi connectivity index (χ0n) is 19.6. The Labute approximate surface area is 195 Å². The molecule has 4 nitrogen and oxygen atoms in total. The molecule has 1 aliphatic rings. The number of ether oxygens (including phenoxy) is 1. The molecule has 0 spiro atoms. The van der Waals surface area contributed by atoms with Crippen molar-refractivity contribution in [3.05, 3.63) is 94.5 Å². The first-order chi connectivity index (χ1) is 15.6. The molecule has 0 amide bonds. The Balaban J connectivity index is 1.77. The first-order valence-corrected chi connectivity index (χ1v) is 11.3. The summed E-state index contributed by atoms with van der Waals surface area (Å²) in [4.78, 5) is 24.7. The van der Waals surface area contributed by atoms with Crippen molar-refractivity contribution in [2.24, 2.45) is 0 Å². The average Bonchev–Trinajstić information content (AvgIpc) is 2.80. The van der Waals surface area contributed by atoms with Crippen molar-refractivity contribution in [1.82, 2.24) is 0 Å². The van der Waals surface area contributed by atoms with Gasteiger partial charge in [0, 0.05) is 0 Å². The van der Waals surface area contributed by atoms with Gasteiger partial charge in [-0.25, -0.2) is 9.59 Å². The van der Waals surface area contributed by atoms with Gasteiger partial charge in [-0.1, -0.05) is 76.2 Å². The molecule has 170 valence electrons. The Hall–Kier alpha value is -3.40. The Morgan fingerprint density at radius 2 is 1.52 bits per heavy atom. The quantitative estimate of drug-likeness (QED) is 0.444. The second kappa shape index (κ2) is 8.51. The largest absolute Gasteiger partial charge is 0.478 e. The molecule has 3 aromatic carbocycles. The summed E-state index contributed by atoms with van der Waals surface area (Å²) in [6, 6.07) is 20.3.